The molecule has 0 radical (unpaired) electrons. The average Bonchev–Trinajstić information content (AvgIpc) is 3.09. The second-order valence-corrected chi connectivity index (χ2v) is 9.07. The lowest BCUT2D eigenvalue weighted by Gasteiger charge is -2.34. The first-order valence-electron chi connectivity index (χ1n) is 11.5. The van der Waals surface area contributed by atoms with E-state index in [1.54, 1.807) is 4.90 Å². The van der Waals surface area contributed by atoms with Crippen LogP contribution < -0.4 is 10.6 Å². The molecule has 2 amide bonds. The van der Waals surface area contributed by atoms with Crippen LogP contribution in [-0.4, -0.2) is 65.8 Å². The number of fused-ring (bicyclic) bond motifs is 3. The van der Waals surface area contributed by atoms with Gasteiger partial charge in [-0.15, -0.1) is 0 Å². The fourth-order valence-corrected chi connectivity index (χ4v) is 5.13. The zero-order valence-electron chi connectivity index (χ0n) is 18.3. The third kappa shape index (κ3) is 4.38. The predicted octanol–water partition coefficient (Wildman–Crippen LogP) is 1.63. The second-order valence-electron chi connectivity index (χ2n) is 9.07. The number of hydrogen-bond acceptors (Lipinski definition) is 5. The molecule has 2 saturated heterocycles. The first kappa shape index (κ1) is 22.0. The molecule has 3 N–H and O–H groups in total. The van der Waals surface area contributed by atoms with Crippen LogP contribution in [0.5, 0.6) is 0 Å². The molecule has 0 spiro atoms. The van der Waals surface area contributed by atoms with E-state index in [1.165, 1.54) is 23.3 Å². The van der Waals surface area contributed by atoms with Crippen molar-refractivity contribution in [2.24, 2.45) is 0 Å². The van der Waals surface area contributed by atoms with E-state index in [0.29, 0.717) is 26.2 Å². The highest BCUT2D eigenvalue weighted by Gasteiger charge is 2.40. The van der Waals surface area contributed by atoms with Crippen LogP contribution in [0.4, 0.5) is 4.39 Å². The number of carbonyl (C=O) groups excluding carboxylic acids is 2. The Bertz CT molecular complexity index is 1050. The number of amides is 2. The Morgan fingerprint density at radius 1 is 1.15 bits per heavy atom. The SMILES string of the molecule is O=C(NC[C@@H](O)[C@@H]1Cc2ccccc2CN1)c1ccc(C(=O)N2C3CCC2COC3)cc1F. The third-order valence-corrected chi connectivity index (χ3v) is 6.98. The Morgan fingerprint density at radius 3 is 2.61 bits per heavy atom. The lowest BCUT2D eigenvalue weighted by atomic mass is 9.93. The molecule has 2 bridgehead atoms. The summed E-state index contributed by atoms with van der Waals surface area (Å²) in [7, 11) is 0. The van der Waals surface area contributed by atoms with Gasteiger partial charge in [0.1, 0.15) is 5.82 Å². The fraction of sp³-hybridized carbons (Fsp3) is 0.440. The summed E-state index contributed by atoms with van der Waals surface area (Å²) < 4.78 is 20.3. The van der Waals surface area contributed by atoms with Gasteiger partial charge in [0.15, 0.2) is 0 Å². The Kier molecular flexibility index (Phi) is 6.14. The van der Waals surface area contributed by atoms with Gasteiger partial charge >= 0.3 is 0 Å². The molecule has 8 heteroatoms. The van der Waals surface area contributed by atoms with Gasteiger partial charge in [-0.05, 0) is 48.6 Å². The van der Waals surface area contributed by atoms with Crippen LogP contribution in [0.2, 0.25) is 0 Å². The average molecular weight is 454 g/mol. The summed E-state index contributed by atoms with van der Waals surface area (Å²) in [5.74, 6) is -1.60. The molecule has 0 saturated carbocycles. The molecule has 5 rings (SSSR count). The van der Waals surface area contributed by atoms with Gasteiger partial charge in [0.2, 0.25) is 0 Å². The summed E-state index contributed by atoms with van der Waals surface area (Å²) in [6.07, 6.45) is 1.62. The van der Waals surface area contributed by atoms with Crippen molar-refractivity contribution < 1.29 is 23.8 Å². The first-order chi connectivity index (χ1) is 16.0. The maximum Gasteiger partial charge on any atom is 0.254 e. The minimum Gasteiger partial charge on any atom is -0.390 e. The Hall–Kier alpha value is -2.81. The summed E-state index contributed by atoms with van der Waals surface area (Å²) in [6, 6.07) is 11.9. The number of nitrogens with zero attached hydrogens (tertiary/aromatic N) is 1. The number of benzene rings is 2. The predicted molar refractivity (Wildman–Crippen MR) is 119 cm³/mol. The summed E-state index contributed by atoms with van der Waals surface area (Å²) in [5.41, 5.74) is 2.46. The second kappa shape index (κ2) is 9.21. The number of ether oxygens (including phenoxy) is 1. The van der Waals surface area contributed by atoms with Gasteiger partial charge in [-0.3, -0.25) is 9.59 Å². The highest BCUT2D eigenvalue weighted by molar-refractivity contribution is 5.98. The topological polar surface area (TPSA) is 90.9 Å². The molecule has 2 fully saturated rings. The molecule has 0 aliphatic carbocycles. The lowest BCUT2D eigenvalue weighted by molar-refractivity contribution is -0.00718. The van der Waals surface area contributed by atoms with E-state index in [2.05, 4.69) is 10.6 Å². The minimum absolute atomic E-state index is 0.00404. The summed E-state index contributed by atoms with van der Waals surface area (Å²) in [4.78, 5) is 27.3. The van der Waals surface area contributed by atoms with E-state index < -0.39 is 17.8 Å². The highest BCUT2D eigenvalue weighted by atomic mass is 19.1. The summed E-state index contributed by atoms with van der Waals surface area (Å²) in [6.45, 7) is 1.67. The van der Waals surface area contributed by atoms with Gasteiger partial charge < -0.3 is 25.4 Å². The van der Waals surface area contributed by atoms with Crippen LogP contribution in [0, 0.1) is 5.82 Å². The fourth-order valence-electron chi connectivity index (χ4n) is 5.13. The molecular weight excluding hydrogens is 425 g/mol. The molecular formula is C25H28FN3O4. The van der Waals surface area contributed by atoms with Crippen molar-refractivity contribution in [2.45, 2.75) is 50.0 Å². The van der Waals surface area contributed by atoms with Gasteiger partial charge in [0.25, 0.3) is 11.8 Å². The Labute approximate surface area is 191 Å². The van der Waals surface area contributed by atoms with E-state index in [9.17, 15) is 19.1 Å². The van der Waals surface area contributed by atoms with Gasteiger partial charge in [0.05, 0.1) is 37.0 Å². The van der Waals surface area contributed by atoms with E-state index in [1.807, 2.05) is 24.3 Å². The van der Waals surface area contributed by atoms with Crippen molar-refractivity contribution in [1.29, 1.82) is 0 Å². The monoisotopic (exact) mass is 453 g/mol. The maximum absolute atomic E-state index is 14.8. The summed E-state index contributed by atoms with van der Waals surface area (Å²) >= 11 is 0. The standard InChI is InChI=1S/C25H28FN3O4/c26-21-9-16(25(32)29-18-6-7-19(29)14-33-13-18)5-8-20(21)24(31)28-12-23(30)22-10-15-3-1-2-4-17(15)11-27-22/h1-5,8-9,18-19,22-23,27,30H,6-7,10-14H2,(H,28,31)/t18?,19?,22-,23+/m0/s1. The lowest BCUT2D eigenvalue weighted by Crippen LogP contribution is -2.49. The van der Waals surface area contributed by atoms with Crippen molar-refractivity contribution in [1.82, 2.24) is 15.5 Å². The van der Waals surface area contributed by atoms with Crippen LogP contribution in [-0.2, 0) is 17.7 Å². The van der Waals surface area contributed by atoms with Crippen LogP contribution in [0.25, 0.3) is 0 Å². The van der Waals surface area contributed by atoms with Crippen molar-refractivity contribution in [3.05, 3.63) is 70.5 Å². The maximum atomic E-state index is 14.8. The minimum atomic E-state index is -0.817. The smallest absolute Gasteiger partial charge is 0.254 e. The van der Waals surface area contributed by atoms with Gasteiger partial charge in [-0.1, -0.05) is 24.3 Å². The number of nitrogens with one attached hydrogen (secondary N) is 2. The normalized spacial score (nSPS) is 24.8. The largest absolute Gasteiger partial charge is 0.390 e. The molecule has 4 atom stereocenters. The highest BCUT2D eigenvalue weighted by Crippen LogP contribution is 2.30. The zero-order chi connectivity index (χ0) is 22.9. The molecule has 2 aromatic rings. The molecule has 33 heavy (non-hydrogen) atoms. The molecule has 174 valence electrons. The van der Waals surface area contributed by atoms with Crippen molar-refractivity contribution in [3.63, 3.8) is 0 Å². The third-order valence-electron chi connectivity index (χ3n) is 6.98. The number of aliphatic hydroxyl groups excluding tert-OH is 1. The molecule has 3 heterocycles. The number of aliphatic hydroxyl groups is 1. The van der Waals surface area contributed by atoms with Gasteiger partial charge in [-0.2, -0.15) is 0 Å². The van der Waals surface area contributed by atoms with E-state index in [0.717, 1.165) is 18.9 Å². The molecule has 3 aliphatic rings. The molecule has 2 aromatic carbocycles. The van der Waals surface area contributed by atoms with Crippen LogP contribution in [0.3, 0.4) is 0 Å². The quantitative estimate of drug-likeness (QED) is 0.640. The number of morpholine rings is 1. The van der Waals surface area contributed by atoms with Crippen LogP contribution in [0.1, 0.15) is 44.7 Å². The van der Waals surface area contributed by atoms with E-state index in [4.69, 9.17) is 4.74 Å². The van der Waals surface area contributed by atoms with Gasteiger partial charge in [-0.25, -0.2) is 4.39 Å². The van der Waals surface area contributed by atoms with Crippen LogP contribution >= 0.6 is 0 Å². The number of hydrogen-bond donors (Lipinski definition) is 3. The van der Waals surface area contributed by atoms with E-state index in [-0.39, 0.29) is 41.7 Å². The van der Waals surface area contributed by atoms with Crippen molar-refractivity contribution in [3.8, 4) is 0 Å². The van der Waals surface area contributed by atoms with Crippen LogP contribution in [0.15, 0.2) is 42.5 Å². The zero-order valence-corrected chi connectivity index (χ0v) is 18.3. The number of halogens is 1. The Morgan fingerprint density at radius 2 is 1.88 bits per heavy atom. The van der Waals surface area contributed by atoms with E-state index >= 15 is 0 Å². The molecule has 2 unspecified atom stereocenters. The molecule has 0 aromatic heterocycles. The number of carbonyl (C=O) groups is 2. The molecule has 7 nitrogen and oxygen atoms in total. The summed E-state index contributed by atoms with van der Waals surface area (Å²) in [5, 5.41) is 16.5. The van der Waals surface area contributed by atoms with Crippen molar-refractivity contribution >= 4 is 11.8 Å². The van der Waals surface area contributed by atoms with Gasteiger partial charge in [0, 0.05) is 24.7 Å². The first-order valence-corrected chi connectivity index (χ1v) is 11.5. The number of rotatable bonds is 5. The molecule has 3 aliphatic heterocycles. The van der Waals surface area contributed by atoms with Crippen molar-refractivity contribution in [2.75, 3.05) is 19.8 Å². The Balaban J connectivity index is 1.19.